The van der Waals surface area contributed by atoms with Crippen LogP contribution < -0.4 is 0 Å². The molecule has 2 heterocycles. The molecule has 0 atom stereocenters. The molecule has 2 saturated heterocycles. The van der Waals surface area contributed by atoms with E-state index in [1.165, 1.54) is 0 Å². The van der Waals surface area contributed by atoms with Crippen LogP contribution in [0.25, 0.3) is 0 Å². The third-order valence-electron chi connectivity index (χ3n) is 5.06. The van der Waals surface area contributed by atoms with Gasteiger partial charge in [0.25, 0.3) is 0 Å². The molecule has 2 aliphatic rings. The molecule has 2 fully saturated rings. The summed E-state index contributed by atoms with van der Waals surface area (Å²) in [6, 6.07) is 0. The summed E-state index contributed by atoms with van der Waals surface area (Å²) in [6.07, 6.45) is 4.50. The van der Waals surface area contributed by atoms with Crippen LogP contribution in [0.15, 0.2) is 0 Å². The Morgan fingerprint density at radius 2 is 1.44 bits per heavy atom. The average molecular weight is 354 g/mol. The van der Waals surface area contributed by atoms with Crippen LogP contribution in [-0.4, -0.2) is 60.4 Å². The fourth-order valence-electron chi connectivity index (χ4n) is 3.33. The second-order valence-electron chi connectivity index (χ2n) is 8.48. The quantitative estimate of drug-likeness (QED) is 0.771. The van der Waals surface area contributed by atoms with Crippen molar-refractivity contribution < 1.29 is 19.1 Å². The van der Waals surface area contributed by atoms with Crippen molar-refractivity contribution in [3.8, 4) is 0 Å². The summed E-state index contributed by atoms with van der Waals surface area (Å²) < 4.78 is 10.9. The average Bonchev–Trinajstić information content (AvgIpc) is 2.54. The van der Waals surface area contributed by atoms with Gasteiger partial charge in [0.1, 0.15) is 5.60 Å². The Morgan fingerprint density at radius 3 is 2.00 bits per heavy atom. The van der Waals surface area contributed by atoms with Crippen molar-refractivity contribution in [1.29, 1.82) is 0 Å². The fraction of sp³-hybridized carbons (Fsp3) is 0.895. The Hall–Kier alpha value is -1.46. The zero-order valence-corrected chi connectivity index (χ0v) is 16.3. The molecule has 6 nitrogen and oxygen atoms in total. The first-order valence-corrected chi connectivity index (χ1v) is 9.64. The number of carbonyl (C=O) groups is 2. The van der Waals surface area contributed by atoms with Gasteiger partial charge in [0.2, 0.25) is 0 Å². The van der Waals surface area contributed by atoms with Gasteiger partial charge in [-0.15, -0.1) is 0 Å². The van der Waals surface area contributed by atoms with Crippen molar-refractivity contribution in [2.24, 2.45) is 11.8 Å². The van der Waals surface area contributed by atoms with Crippen LogP contribution >= 0.6 is 0 Å². The number of hydrogen-bond donors (Lipinski definition) is 0. The molecular formula is C19H34N2O4. The second-order valence-corrected chi connectivity index (χ2v) is 8.48. The van der Waals surface area contributed by atoms with E-state index in [9.17, 15) is 9.59 Å². The van der Waals surface area contributed by atoms with E-state index in [4.69, 9.17) is 9.47 Å². The van der Waals surface area contributed by atoms with Crippen molar-refractivity contribution in [3.05, 3.63) is 0 Å². The topological polar surface area (TPSA) is 59.1 Å². The van der Waals surface area contributed by atoms with E-state index in [1.807, 2.05) is 25.7 Å². The largest absolute Gasteiger partial charge is 0.449 e. The van der Waals surface area contributed by atoms with Crippen molar-refractivity contribution >= 4 is 12.2 Å². The summed E-state index contributed by atoms with van der Waals surface area (Å²) in [5.41, 5.74) is -0.450. The molecule has 144 valence electrons. The van der Waals surface area contributed by atoms with Gasteiger partial charge in [0.05, 0.1) is 6.61 Å². The molecule has 0 radical (unpaired) electrons. The van der Waals surface area contributed by atoms with Gasteiger partial charge in [-0.2, -0.15) is 0 Å². The molecule has 0 saturated carbocycles. The van der Waals surface area contributed by atoms with Crippen LogP contribution in [0.3, 0.4) is 0 Å². The molecule has 0 spiro atoms. The molecule has 0 aromatic carbocycles. The normalized spacial score (nSPS) is 20.5. The third kappa shape index (κ3) is 6.75. The van der Waals surface area contributed by atoms with E-state index in [0.29, 0.717) is 18.4 Å². The number of rotatable bonds is 3. The first kappa shape index (κ1) is 19.9. The molecule has 6 heteroatoms. The van der Waals surface area contributed by atoms with Crippen LogP contribution in [0.4, 0.5) is 9.59 Å². The Kier molecular flexibility index (Phi) is 6.96. The van der Waals surface area contributed by atoms with E-state index >= 15 is 0 Å². The molecule has 0 aliphatic carbocycles. The van der Waals surface area contributed by atoms with E-state index < -0.39 is 5.60 Å². The predicted molar refractivity (Wildman–Crippen MR) is 96.5 cm³/mol. The maximum atomic E-state index is 12.1. The number of carbonyl (C=O) groups excluding carboxylic acids is 2. The van der Waals surface area contributed by atoms with Gasteiger partial charge in [0, 0.05) is 26.2 Å². The first-order valence-electron chi connectivity index (χ1n) is 9.64. The van der Waals surface area contributed by atoms with Crippen molar-refractivity contribution in [2.75, 3.05) is 32.8 Å². The Bertz CT molecular complexity index is 445. The molecule has 0 unspecified atom stereocenters. The molecular weight excluding hydrogens is 320 g/mol. The number of nitrogens with zero attached hydrogens (tertiary/aromatic N) is 2. The lowest BCUT2D eigenvalue weighted by Gasteiger charge is -2.33. The van der Waals surface area contributed by atoms with Crippen molar-refractivity contribution in [1.82, 2.24) is 9.80 Å². The number of ether oxygens (including phenoxy) is 2. The van der Waals surface area contributed by atoms with Crippen LogP contribution in [0, 0.1) is 11.8 Å². The summed E-state index contributed by atoms with van der Waals surface area (Å²) in [5.74, 6) is 1.21. The second kappa shape index (κ2) is 8.77. The smallest absolute Gasteiger partial charge is 0.410 e. The van der Waals surface area contributed by atoms with Crippen molar-refractivity contribution in [2.45, 2.75) is 65.4 Å². The van der Waals surface area contributed by atoms with E-state index in [-0.39, 0.29) is 12.2 Å². The van der Waals surface area contributed by atoms with Crippen LogP contribution in [0.1, 0.15) is 59.8 Å². The summed E-state index contributed by atoms with van der Waals surface area (Å²) in [5, 5.41) is 0. The molecule has 0 aromatic heterocycles. The Balaban J connectivity index is 1.61. The van der Waals surface area contributed by atoms with Crippen molar-refractivity contribution in [3.63, 3.8) is 0 Å². The van der Waals surface area contributed by atoms with E-state index in [2.05, 4.69) is 6.92 Å². The minimum Gasteiger partial charge on any atom is -0.449 e. The molecule has 25 heavy (non-hydrogen) atoms. The highest BCUT2D eigenvalue weighted by Gasteiger charge is 2.27. The van der Waals surface area contributed by atoms with Crippen LogP contribution in [0.5, 0.6) is 0 Å². The van der Waals surface area contributed by atoms with Gasteiger partial charge >= 0.3 is 12.2 Å². The molecule has 2 amide bonds. The minimum absolute atomic E-state index is 0.168. The lowest BCUT2D eigenvalue weighted by atomic mass is 9.94. The lowest BCUT2D eigenvalue weighted by molar-refractivity contribution is 0.0172. The predicted octanol–water partition coefficient (Wildman–Crippen LogP) is 3.89. The zero-order chi connectivity index (χ0) is 18.4. The number of hydrogen-bond acceptors (Lipinski definition) is 4. The standard InChI is InChI=1S/C19H34N2O4/c1-15-5-10-20(11-6-15)17(22)24-14-9-16-7-12-21(13-8-16)18(23)25-19(2,3)4/h15-16H,5-14H2,1-4H3. The van der Waals surface area contributed by atoms with Gasteiger partial charge in [-0.05, 0) is 64.7 Å². The zero-order valence-electron chi connectivity index (χ0n) is 16.3. The molecule has 0 bridgehead atoms. The van der Waals surface area contributed by atoms with E-state index in [0.717, 1.165) is 58.3 Å². The summed E-state index contributed by atoms with van der Waals surface area (Å²) in [6.45, 7) is 11.4. The monoisotopic (exact) mass is 354 g/mol. The highest BCUT2D eigenvalue weighted by atomic mass is 16.6. The maximum absolute atomic E-state index is 12.1. The van der Waals surface area contributed by atoms with Crippen LogP contribution in [0.2, 0.25) is 0 Å². The highest BCUT2D eigenvalue weighted by molar-refractivity contribution is 5.68. The fourth-order valence-corrected chi connectivity index (χ4v) is 3.33. The summed E-state index contributed by atoms with van der Waals surface area (Å²) in [4.78, 5) is 27.7. The summed E-state index contributed by atoms with van der Waals surface area (Å²) >= 11 is 0. The number of piperidine rings is 2. The van der Waals surface area contributed by atoms with E-state index in [1.54, 1.807) is 4.90 Å². The van der Waals surface area contributed by atoms with Gasteiger partial charge in [-0.3, -0.25) is 0 Å². The first-order chi connectivity index (χ1) is 11.7. The van der Waals surface area contributed by atoms with Gasteiger partial charge in [0.15, 0.2) is 0 Å². The Labute approximate surface area is 151 Å². The molecule has 0 N–H and O–H groups in total. The number of likely N-dealkylation sites (tertiary alicyclic amines) is 2. The molecule has 2 aliphatic heterocycles. The molecule has 2 rings (SSSR count). The van der Waals surface area contributed by atoms with Gasteiger partial charge < -0.3 is 19.3 Å². The van der Waals surface area contributed by atoms with Gasteiger partial charge in [-0.1, -0.05) is 6.92 Å². The summed E-state index contributed by atoms with van der Waals surface area (Å²) in [7, 11) is 0. The maximum Gasteiger partial charge on any atom is 0.410 e. The molecule has 0 aromatic rings. The van der Waals surface area contributed by atoms with Crippen LogP contribution in [-0.2, 0) is 9.47 Å². The minimum atomic E-state index is -0.450. The lowest BCUT2D eigenvalue weighted by Crippen LogP contribution is -2.42. The Morgan fingerprint density at radius 1 is 0.920 bits per heavy atom. The highest BCUT2D eigenvalue weighted by Crippen LogP contribution is 2.23. The SMILES string of the molecule is CC1CCN(C(=O)OCCC2CCN(C(=O)OC(C)(C)C)CC2)CC1. The number of amides is 2. The third-order valence-corrected chi connectivity index (χ3v) is 5.06. The van der Waals surface area contributed by atoms with Gasteiger partial charge in [-0.25, -0.2) is 9.59 Å².